The van der Waals surface area contributed by atoms with Crippen molar-refractivity contribution < 1.29 is 14.4 Å². The van der Waals surface area contributed by atoms with E-state index in [-0.39, 0.29) is 12.5 Å². The number of aryl methyl sites for hydroxylation is 1. The molecule has 0 heterocycles. The fraction of sp³-hybridized carbons (Fsp3) is 0.176. The predicted octanol–water partition coefficient (Wildman–Crippen LogP) is 3.65. The van der Waals surface area contributed by atoms with E-state index in [1.165, 1.54) is 6.21 Å². The maximum Gasteiger partial charge on any atom is 0.265 e. The second-order valence-electron chi connectivity index (χ2n) is 4.76. The zero-order valence-electron chi connectivity index (χ0n) is 12.9. The highest BCUT2D eigenvalue weighted by atomic mass is 35.5. The Labute approximate surface area is 139 Å². The van der Waals surface area contributed by atoms with E-state index in [2.05, 4.69) is 10.5 Å². The molecule has 0 spiro atoms. The molecule has 6 heteroatoms. The summed E-state index contributed by atoms with van der Waals surface area (Å²) < 4.78 is 5.18. The Kier molecular flexibility index (Phi) is 6.00. The van der Waals surface area contributed by atoms with E-state index in [0.29, 0.717) is 16.5 Å². The number of halogens is 1. The molecule has 1 amide bonds. The summed E-state index contributed by atoms with van der Waals surface area (Å²) in [5, 5.41) is 7.05. The van der Waals surface area contributed by atoms with Crippen molar-refractivity contribution in [3.8, 4) is 5.75 Å². The van der Waals surface area contributed by atoms with Gasteiger partial charge >= 0.3 is 0 Å². The summed E-state index contributed by atoms with van der Waals surface area (Å²) in [4.78, 5) is 16.8. The number of anilines is 1. The molecule has 23 heavy (non-hydrogen) atoms. The van der Waals surface area contributed by atoms with Crippen molar-refractivity contribution in [2.75, 3.05) is 19.0 Å². The smallest absolute Gasteiger partial charge is 0.265 e. The number of hydrogen-bond donors (Lipinski definition) is 1. The minimum Gasteiger partial charge on any atom is -0.496 e. The lowest BCUT2D eigenvalue weighted by atomic mass is 10.2. The number of methoxy groups -OCH3 is 1. The van der Waals surface area contributed by atoms with Crippen molar-refractivity contribution in [2.24, 2.45) is 5.16 Å². The first-order valence-corrected chi connectivity index (χ1v) is 7.32. The van der Waals surface area contributed by atoms with Crippen LogP contribution in [0.3, 0.4) is 0 Å². The van der Waals surface area contributed by atoms with Crippen LogP contribution in [-0.4, -0.2) is 25.8 Å². The molecule has 1 N–H and O–H groups in total. The molecule has 0 aliphatic carbocycles. The number of ether oxygens (including phenoxy) is 1. The second kappa shape index (κ2) is 8.19. The quantitative estimate of drug-likeness (QED) is 0.649. The lowest BCUT2D eigenvalue weighted by Gasteiger charge is -2.06. The lowest BCUT2D eigenvalue weighted by molar-refractivity contribution is -0.120. The van der Waals surface area contributed by atoms with E-state index in [4.69, 9.17) is 21.2 Å². The first-order valence-electron chi connectivity index (χ1n) is 6.94. The van der Waals surface area contributed by atoms with Crippen LogP contribution in [0.5, 0.6) is 5.75 Å². The molecular formula is C17H17ClN2O3. The molecule has 0 aliphatic heterocycles. The summed E-state index contributed by atoms with van der Waals surface area (Å²) in [6.07, 6.45) is 1.49. The molecule has 0 radical (unpaired) electrons. The third kappa shape index (κ3) is 5.00. The van der Waals surface area contributed by atoms with Crippen molar-refractivity contribution in [2.45, 2.75) is 6.92 Å². The number of para-hydroxylation sites is 1. The van der Waals surface area contributed by atoms with Crippen LogP contribution in [0.4, 0.5) is 5.69 Å². The van der Waals surface area contributed by atoms with Crippen molar-refractivity contribution >= 4 is 29.4 Å². The summed E-state index contributed by atoms with van der Waals surface area (Å²) >= 11 is 6.00. The highest BCUT2D eigenvalue weighted by Gasteiger charge is 2.04. The molecular weight excluding hydrogens is 316 g/mol. The summed E-state index contributed by atoms with van der Waals surface area (Å²) in [6.45, 7) is 1.70. The fourth-order valence-electron chi connectivity index (χ4n) is 1.83. The largest absolute Gasteiger partial charge is 0.496 e. The Morgan fingerprint density at radius 3 is 2.83 bits per heavy atom. The Morgan fingerprint density at radius 1 is 1.30 bits per heavy atom. The normalized spacial score (nSPS) is 10.6. The molecule has 120 valence electrons. The third-order valence-electron chi connectivity index (χ3n) is 3.06. The number of carbonyl (C=O) groups is 1. The van der Waals surface area contributed by atoms with Gasteiger partial charge in [-0.2, -0.15) is 0 Å². The van der Waals surface area contributed by atoms with Crippen LogP contribution in [0, 0.1) is 6.92 Å². The van der Waals surface area contributed by atoms with Gasteiger partial charge in [0, 0.05) is 16.3 Å². The van der Waals surface area contributed by atoms with Crippen molar-refractivity contribution in [3.05, 3.63) is 58.6 Å². The standard InChI is InChI=1S/C17H17ClN2O3/c1-12-7-8-14(9-15(12)18)20-17(21)11-23-19-10-13-5-3-4-6-16(13)22-2/h3-10H,11H2,1-2H3,(H,20,21)/b19-10-. The maximum absolute atomic E-state index is 11.8. The van der Waals surface area contributed by atoms with Crippen LogP contribution in [0.15, 0.2) is 47.6 Å². The molecule has 2 rings (SSSR count). The highest BCUT2D eigenvalue weighted by Crippen LogP contribution is 2.19. The molecule has 0 atom stereocenters. The van der Waals surface area contributed by atoms with Gasteiger partial charge < -0.3 is 14.9 Å². The molecule has 2 aromatic rings. The van der Waals surface area contributed by atoms with Crippen molar-refractivity contribution in [1.82, 2.24) is 0 Å². The topological polar surface area (TPSA) is 59.9 Å². The van der Waals surface area contributed by atoms with Gasteiger partial charge in [0.25, 0.3) is 5.91 Å². The van der Waals surface area contributed by atoms with Gasteiger partial charge in [0.05, 0.1) is 13.3 Å². The Balaban J connectivity index is 1.84. The summed E-state index contributed by atoms with van der Waals surface area (Å²) in [5.74, 6) is 0.362. The molecule has 0 fully saturated rings. The third-order valence-corrected chi connectivity index (χ3v) is 3.46. The van der Waals surface area contributed by atoms with Crippen LogP contribution >= 0.6 is 11.6 Å². The van der Waals surface area contributed by atoms with Gasteiger partial charge in [-0.25, -0.2) is 0 Å². The first kappa shape index (κ1) is 16.8. The Hall–Kier alpha value is -2.53. The molecule has 0 unspecified atom stereocenters. The average molecular weight is 333 g/mol. The van der Waals surface area contributed by atoms with Gasteiger partial charge in [-0.15, -0.1) is 0 Å². The number of benzene rings is 2. The van der Waals surface area contributed by atoms with E-state index in [1.807, 2.05) is 37.3 Å². The van der Waals surface area contributed by atoms with E-state index in [1.54, 1.807) is 19.2 Å². The first-order chi connectivity index (χ1) is 11.1. The van der Waals surface area contributed by atoms with Gasteiger partial charge in [0.2, 0.25) is 0 Å². The molecule has 5 nitrogen and oxygen atoms in total. The number of amides is 1. The predicted molar refractivity (Wildman–Crippen MR) is 91.4 cm³/mol. The summed E-state index contributed by atoms with van der Waals surface area (Å²) in [6, 6.07) is 12.7. The number of rotatable bonds is 6. The average Bonchev–Trinajstić information content (AvgIpc) is 2.55. The van der Waals surface area contributed by atoms with Gasteiger partial charge in [0.15, 0.2) is 6.61 Å². The number of oxime groups is 1. The second-order valence-corrected chi connectivity index (χ2v) is 5.17. The van der Waals surface area contributed by atoms with Crippen LogP contribution in [-0.2, 0) is 9.63 Å². The molecule has 0 aromatic heterocycles. The van der Waals surface area contributed by atoms with E-state index in [0.717, 1.165) is 11.1 Å². The monoisotopic (exact) mass is 332 g/mol. The molecule has 2 aromatic carbocycles. The van der Waals surface area contributed by atoms with Gasteiger partial charge in [-0.3, -0.25) is 4.79 Å². The van der Waals surface area contributed by atoms with Crippen LogP contribution in [0.1, 0.15) is 11.1 Å². The Bertz CT molecular complexity index is 717. The molecule has 0 aliphatic rings. The van der Waals surface area contributed by atoms with Crippen LogP contribution < -0.4 is 10.1 Å². The SMILES string of the molecule is COc1ccccc1/C=N\OCC(=O)Nc1ccc(C)c(Cl)c1. The van der Waals surface area contributed by atoms with Gasteiger partial charge in [0.1, 0.15) is 5.75 Å². The fourth-order valence-corrected chi connectivity index (χ4v) is 2.01. The number of carbonyl (C=O) groups excluding carboxylic acids is 1. The number of hydrogen-bond acceptors (Lipinski definition) is 4. The minimum absolute atomic E-state index is 0.197. The lowest BCUT2D eigenvalue weighted by Crippen LogP contribution is -2.17. The number of nitrogens with one attached hydrogen (secondary N) is 1. The summed E-state index contributed by atoms with van der Waals surface area (Å²) in [7, 11) is 1.58. The molecule has 0 saturated carbocycles. The number of nitrogens with zero attached hydrogens (tertiary/aromatic N) is 1. The summed E-state index contributed by atoms with van der Waals surface area (Å²) in [5.41, 5.74) is 2.32. The van der Waals surface area contributed by atoms with Gasteiger partial charge in [-0.1, -0.05) is 35.0 Å². The van der Waals surface area contributed by atoms with Crippen LogP contribution in [0.25, 0.3) is 0 Å². The van der Waals surface area contributed by atoms with Gasteiger partial charge in [-0.05, 0) is 36.8 Å². The van der Waals surface area contributed by atoms with E-state index in [9.17, 15) is 4.79 Å². The molecule has 0 bridgehead atoms. The zero-order valence-corrected chi connectivity index (χ0v) is 13.6. The van der Waals surface area contributed by atoms with Crippen molar-refractivity contribution in [1.29, 1.82) is 0 Å². The van der Waals surface area contributed by atoms with Crippen molar-refractivity contribution in [3.63, 3.8) is 0 Å². The maximum atomic E-state index is 11.8. The zero-order chi connectivity index (χ0) is 16.7. The van der Waals surface area contributed by atoms with Crippen LogP contribution in [0.2, 0.25) is 5.02 Å². The van der Waals surface area contributed by atoms with E-state index >= 15 is 0 Å². The van der Waals surface area contributed by atoms with E-state index < -0.39 is 0 Å². The molecule has 0 saturated heterocycles. The highest BCUT2D eigenvalue weighted by molar-refractivity contribution is 6.31. The Morgan fingerprint density at radius 2 is 2.09 bits per heavy atom. The minimum atomic E-state index is -0.318.